The number of ether oxygens (including phenoxy) is 1. The van der Waals surface area contributed by atoms with Crippen LogP contribution in [0.5, 0.6) is 5.75 Å². The summed E-state index contributed by atoms with van der Waals surface area (Å²) in [5.41, 5.74) is 1.68. The van der Waals surface area contributed by atoms with Crippen LogP contribution in [0.4, 0.5) is 0 Å². The third-order valence-corrected chi connectivity index (χ3v) is 3.14. The van der Waals surface area contributed by atoms with Gasteiger partial charge in [0.05, 0.1) is 10.0 Å². The zero-order valence-electron chi connectivity index (χ0n) is 9.06. The van der Waals surface area contributed by atoms with Crippen molar-refractivity contribution in [1.29, 1.82) is 5.26 Å². The molecule has 0 saturated heterocycles. The Hall–Kier alpha value is -1.79. The molecule has 0 amide bonds. The van der Waals surface area contributed by atoms with Gasteiger partial charge in [0.1, 0.15) is 18.4 Å². The summed E-state index contributed by atoms with van der Waals surface area (Å²) in [6.45, 7) is 0.494. The summed E-state index contributed by atoms with van der Waals surface area (Å²) in [7, 11) is 0. The predicted octanol–water partition coefficient (Wildman–Crippen LogP) is 3.90. The van der Waals surface area contributed by atoms with Gasteiger partial charge in [-0.15, -0.1) is 0 Å². The molecule has 0 spiro atoms. The van der Waals surface area contributed by atoms with Crippen molar-refractivity contribution in [2.75, 3.05) is 0 Å². The molecule has 0 radical (unpaired) electrons. The van der Waals surface area contributed by atoms with Gasteiger partial charge in [0, 0.05) is 0 Å². The molecule has 2 aromatic rings. The van der Waals surface area contributed by atoms with Gasteiger partial charge in [-0.05, 0) is 33.6 Å². The van der Waals surface area contributed by atoms with Gasteiger partial charge in [-0.25, -0.2) is 0 Å². The van der Waals surface area contributed by atoms with Crippen LogP contribution in [-0.4, -0.2) is 0 Å². The van der Waals surface area contributed by atoms with E-state index in [9.17, 15) is 0 Å². The van der Waals surface area contributed by atoms with Gasteiger partial charge in [-0.1, -0.05) is 36.4 Å². The second-order valence-corrected chi connectivity index (χ2v) is 4.30. The molecule has 17 heavy (non-hydrogen) atoms. The van der Waals surface area contributed by atoms with Crippen molar-refractivity contribution >= 4 is 15.9 Å². The molecule has 0 bridgehead atoms. The van der Waals surface area contributed by atoms with Gasteiger partial charge in [0.25, 0.3) is 0 Å². The Morgan fingerprint density at radius 2 is 1.82 bits per heavy atom. The van der Waals surface area contributed by atoms with Gasteiger partial charge < -0.3 is 4.74 Å². The van der Waals surface area contributed by atoms with Gasteiger partial charge >= 0.3 is 0 Å². The van der Waals surface area contributed by atoms with Crippen molar-refractivity contribution in [3.63, 3.8) is 0 Å². The lowest BCUT2D eigenvalue weighted by Gasteiger charge is -2.08. The smallest absolute Gasteiger partial charge is 0.135 e. The quantitative estimate of drug-likeness (QED) is 0.858. The van der Waals surface area contributed by atoms with Crippen LogP contribution < -0.4 is 4.74 Å². The van der Waals surface area contributed by atoms with Gasteiger partial charge in [0.15, 0.2) is 0 Å². The fourth-order valence-corrected chi connectivity index (χ4v) is 1.91. The van der Waals surface area contributed by atoms with E-state index in [0.29, 0.717) is 22.4 Å². The summed E-state index contributed by atoms with van der Waals surface area (Å²) in [4.78, 5) is 0. The van der Waals surface area contributed by atoms with Crippen molar-refractivity contribution in [1.82, 2.24) is 0 Å². The van der Waals surface area contributed by atoms with Crippen molar-refractivity contribution in [2.45, 2.75) is 6.61 Å². The van der Waals surface area contributed by atoms with E-state index in [-0.39, 0.29) is 0 Å². The van der Waals surface area contributed by atoms with Crippen LogP contribution in [0.1, 0.15) is 11.1 Å². The molecule has 0 fully saturated rings. The first-order valence-corrected chi connectivity index (χ1v) is 5.96. The van der Waals surface area contributed by atoms with Crippen LogP contribution in [0.3, 0.4) is 0 Å². The van der Waals surface area contributed by atoms with Crippen molar-refractivity contribution in [3.8, 4) is 11.8 Å². The lowest BCUT2D eigenvalue weighted by atomic mass is 10.2. The Morgan fingerprint density at radius 3 is 2.53 bits per heavy atom. The number of benzene rings is 2. The monoisotopic (exact) mass is 287 g/mol. The summed E-state index contributed by atoms with van der Waals surface area (Å²) in [5, 5.41) is 8.89. The first-order valence-electron chi connectivity index (χ1n) is 5.16. The van der Waals surface area contributed by atoms with Crippen LogP contribution in [0.25, 0.3) is 0 Å². The summed E-state index contributed by atoms with van der Waals surface area (Å²) < 4.78 is 6.37. The summed E-state index contributed by atoms with van der Waals surface area (Å²) in [6, 6.07) is 17.4. The standard InChI is InChI=1S/C14H10BrNO/c15-14-12(9-16)7-4-8-13(14)17-10-11-5-2-1-3-6-11/h1-8H,10H2. The van der Waals surface area contributed by atoms with Gasteiger partial charge in [-0.3, -0.25) is 0 Å². The molecule has 0 N–H and O–H groups in total. The molecule has 0 aliphatic heterocycles. The highest BCUT2D eigenvalue weighted by molar-refractivity contribution is 9.10. The third-order valence-electron chi connectivity index (χ3n) is 2.32. The maximum Gasteiger partial charge on any atom is 0.135 e. The Labute approximate surface area is 109 Å². The van der Waals surface area contributed by atoms with E-state index < -0.39 is 0 Å². The lowest BCUT2D eigenvalue weighted by Crippen LogP contribution is -1.96. The molecule has 2 rings (SSSR count). The van der Waals surface area contributed by atoms with Gasteiger partial charge in [0.2, 0.25) is 0 Å². The Kier molecular flexibility index (Phi) is 3.79. The first-order chi connectivity index (χ1) is 8.31. The molecule has 0 aromatic heterocycles. The minimum Gasteiger partial charge on any atom is -0.488 e. The SMILES string of the molecule is N#Cc1cccc(OCc2ccccc2)c1Br. The largest absolute Gasteiger partial charge is 0.488 e. The first kappa shape index (κ1) is 11.7. The van der Waals surface area contributed by atoms with Crippen LogP contribution in [0.15, 0.2) is 53.0 Å². The van der Waals surface area contributed by atoms with Gasteiger partial charge in [-0.2, -0.15) is 5.26 Å². The molecule has 0 heterocycles. The summed E-state index contributed by atoms with van der Waals surface area (Å²) in [6.07, 6.45) is 0. The second kappa shape index (κ2) is 5.51. The molecule has 84 valence electrons. The van der Waals surface area contributed by atoms with Crippen LogP contribution in [0, 0.1) is 11.3 Å². The number of hydrogen-bond acceptors (Lipinski definition) is 2. The zero-order valence-corrected chi connectivity index (χ0v) is 10.6. The van der Waals surface area contributed by atoms with Crippen LogP contribution >= 0.6 is 15.9 Å². The minimum absolute atomic E-state index is 0.494. The highest BCUT2D eigenvalue weighted by Crippen LogP contribution is 2.28. The Balaban J connectivity index is 2.13. The topological polar surface area (TPSA) is 33.0 Å². The number of nitrogens with zero attached hydrogens (tertiary/aromatic N) is 1. The molecular weight excluding hydrogens is 278 g/mol. The molecular formula is C14H10BrNO. The molecule has 0 saturated carbocycles. The van der Waals surface area contributed by atoms with Crippen molar-refractivity contribution < 1.29 is 4.74 Å². The third kappa shape index (κ3) is 2.86. The molecule has 0 aliphatic carbocycles. The van der Waals surface area contributed by atoms with E-state index in [1.165, 1.54) is 0 Å². The summed E-state index contributed by atoms with van der Waals surface area (Å²) >= 11 is 3.37. The van der Waals surface area contributed by atoms with E-state index in [1.807, 2.05) is 42.5 Å². The maximum absolute atomic E-state index is 8.89. The van der Waals surface area contributed by atoms with E-state index >= 15 is 0 Å². The van der Waals surface area contributed by atoms with E-state index in [4.69, 9.17) is 10.00 Å². The number of rotatable bonds is 3. The predicted molar refractivity (Wildman–Crippen MR) is 69.6 cm³/mol. The number of halogens is 1. The Bertz CT molecular complexity index is 546. The average molecular weight is 288 g/mol. The minimum atomic E-state index is 0.494. The lowest BCUT2D eigenvalue weighted by molar-refractivity contribution is 0.304. The Morgan fingerprint density at radius 1 is 1.06 bits per heavy atom. The average Bonchev–Trinajstić information content (AvgIpc) is 2.39. The molecule has 0 aliphatic rings. The van der Waals surface area contributed by atoms with Crippen molar-refractivity contribution in [3.05, 3.63) is 64.1 Å². The molecule has 3 heteroatoms. The molecule has 0 unspecified atom stereocenters. The van der Waals surface area contributed by atoms with E-state index in [1.54, 1.807) is 6.07 Å². The highest BCUT2D eigenvalue weighted by atomic mass is 79.9. The van der Waals surface area contributed by atoms with E-state index in [0.717, 1.165) is 5.56 Å². The summed E-state index contributed by atoms with van der Waals surface area (Å²) in [5.74, 6) is 0.688. The second-order valence-electron chi connectivity index (χ2n) is 3.50. The zero-order chi connectivity index (χ0) is 12.1. The number of nitriles is 1. The fraction of sp³-hybridized carbons (Fsp3) is 0.0714. The normalized spacial score (nSPS) is 9.65. The molecule has 0 atom stereocenters. The van der Waals surface area contributed by atoms with Crippen molar-refractivity contribution in [2.24, 2.45) is 0 Å². The fourth-order valence-electron chi connectivity index (χ4n) is 1.44. The van der Waals surface area contributed by atoms with Crippen LogP contribution in [-0.2, 0) is 6.61 Å². The highest BCUT2D eigenvalue weighted by Gasteiger charge is 2.05. The van der Waals surface area contributed by atoms with Crippen LogP contribution in [0.2, 0.25) is 0 Å². The maximum atomic E-state index is 8.89. The number of hydrogen-bond donors (Lipinski definition) is 0. The van der Waals surface area contributed by atoms with E-state index in [2.05, 4.69) is 22.0 Å². The molecule has 2 nitrogen and oxygen atoms in total. The molecule has 2 aromatic carbocycles.